The van der Waals surface area contributed by atoms with Crippen molar-refractivity contribution in [2.45, 2.75) is 12.5 Å². The van der Waals surface area contributed by atoms with E-state index < -0.39 is 34.9 Å². The van der Waals surface area contributed by atoms with E-state index in [9.17, 15) is 22.7 Å². The van der Waals surface area contributed by atoms with E-state index in [0.29, 0.717) is 0 Å². The van der Waals surface area contributed by atoms with Crippen LogP contribution >= 0.6 is 0 Å². The molecule has 0 heterocycles. The summed E-state index contributed by atoms with van der Waals surface area (Å²) in [7, 11) is 0. The number of rotatable bonds is 3. The average Bonchev–Trinajstić information content (AvgIpc) is 2.16. The summed E-state index contributed by atoms with van der Waals surface area (Å²) < 4.78 is 51.5. The fourth-order valence-corrected chi connectivity index (χ4v) is 1.19. The Labute approximate surface area is 83.3 Å². The molecule has 0 aromatic heterocycles. The van der Waals surface area contributed by atoms with Crippen LogP contribution in [-0.4, -0.2) is 11.7 Å². The zero-order valence-electron chi connectivity index (χ0n) is 7.61. The van der Waals surface area contributed by atoms with Gasteiger partial charge in [0, 0.05) is 6.07 Å². The quantitative estimate of drug-likeness (QED) is 0.604. The zero-order chi connectivity index (χ0) is 11.6. The summed E-state index contributed by atoms with van der Waals surface area (Å²) in [6.45, 7) is -0.0574. The summed E-state index contributed by atoms with van der Waals surface area (Å²) in [6.07, 6.45) is -1.84. The first kappa shape index (κ1) is 11.9. The minimum Gasteiger partial charge on any atom is -0.388 e. The SMILES string of the molecule is NCC[C@@H](O)c1c(F)c(F)cc(F)c1F. The third kappa shape index (κ3) is 2.27. The third-order valence-corrected chi connectivity index (χ3v) is 1.92. The van der Waals surface area contributed by atoms with Crippen molar-refractivity contribution in [3.05, 3.63) is 34.9 Å². The highest BCUT2D eigenvalue weighted by Crippen LogP contribution is 2.26. The van der Waals surface area contributed by atoms with Crippen molar-refractivity contribution in [2.24, 2.45) is 5.73 Å². The molecule has 1 rings (SSSR count). The van der Waals surface area contributed by atoms with Gasteiger partial charge in [0.05, 0.1) is 11.7 Å². The molecule has 6 heteroatoms. The fourth-order valence-electron chi connectivity index (χ4n) is 1.19. The normalized spacial score (nSPS) is 12.9. The zero-order valence-corrected chi connectivity index (χ0v) is 7.61. The molecule has 1 aromatic rings. The maximum Gasteiger partial charge on any atom is 0.167 e. The van der Waals surface area contributed by atoms with Crippen molar-refractivity contribution in [2.75, 3.05) is 6.54 Å². The molecule has 1 aromatic carbocycles. The lowest BCUT2D eigenvalue weighted by Crippen LogP contribution is -2.12. The standard InChI is InChI=1S/C9H9F4NO/c10-4-3-5(11)9(13)7(8(4)12)6(15)1-2-14/h3,6,15H,1-2,14H2/t6-/m1/s1. The second-order valence-corrected chi connectivity index (χ2v) is 2.98. The largest absolute Gasteiger partial charge is 0.388 e. The van der Waals surface area contributed by atoms with Crippen LogP contribution in [0.4, 0.5) is 17.6 Å². The van der Waals surface area contributed by atoms with Gasteiger partial charge in [-0.15, -0.1) is 0 Å². The first-order valence-electron chi connectivity index (χ1n) is 4.20. The molecular formula is C9H9F4NO. The van der Waals surface area contributed by atoms with Crippen LogP contribution in [0.1, 0.15) is 18.1 Å². The van der Waals surface area contributed by atoms with Crippen LogP contribution in [0.3, 0.4) is 0 Å². The molecule has 0 spiro atoms. The molecular weight excluding hydrogens is 214 g/mol. The van der Waals surface area contributed by atoms with Crippen LogP contribution in [0, 0.1) is 23.3 Å². The van der Waals surface area contributed by atoms with Gasteiger partial charge in [-0.25, -0.2) is 17.6 Å². The lowest BCUT2D eigenvalue weighted by Gasteiger charge is -2.12. The van der Waals surface area contributed by atoms with Gasteiger partial charge in [-0.05, 0) is 13.0 Å². The molecule has 15 heavy (non-hydrogen) atoms. The van der Waals surface area contributed by atoms with E-state index in [-0.39, 0.29) is 19.0 Å². The Morgan fingerprint density at radius 3 is 2.00 bits per heavy atom. The van der Waals surface area contributed by atoms with E-state index in [1.54, 1.807) is 0 Å². The van der Waals surface area contributed by atoms with Gasteiger partial charge in [-0.3, -0.25) is 0 Å². The molecule has 0 radical (unpaired) electrons. The minimum atomic E-state index is -1.65. The molecule has 0 aliphatic rings. The van der Waals surface area contributed by atoms with E-state index in [4.69, 9.17) is 5.73 Å². The molecule has 0 aliphatic carbocycles. The average molecular weight is 223 g/mol. The van der Waals surface area contributed by atoms with E-state index >= 15 is 0 Å². The Bertz CT molecular complexity index is 343. The van der Waals surface area contributed by atoms with Crippen LogP contribution in [0.2, 0.25) is 0 Å². The number of hydrogen-bond donors (Lipinski definition) is 2. The van der Waals surface area contributed by atoms with Crippen molar-refractivity contribution >= 4 is 0 Å². The number of aliphatic hydroxyl groups excluding tert-OH is 1. The van der Waals surface area contributed by atoms with E-state index in [0.717, 1.165) is 0 Å². The Morgan fingerprint density at radius 2 is 1.60 bits per heavy atom. The van der Waals surface area contributed by atoms with Crippen molar-refractivity contribution in [3.63, 3.8) is 0 Å². The van der Waals surface area contributed by atoms with E-state index in [1.807, 2.05) is 0 Å². The molecule has 2 nitrogen and oxygen atoms in total. The van der Waals surface area contributed by atoms with Crippen molar-refractivity contribution in [1.82, 2.24) is 0 Å². The summed E-state index contributed by atoms with van der Waals surface area (Å²) in [5.74, 6) is -6.26. The first-order chi connectivity index (χ1) is 6.99. The van der Waals surface area contributed by atoms with Gasteiger partial charge in [-0.2, -0.15) is 0 Å². The highest BCUT2D eigenvalue weighted by atomic mass is 19.2. The summed E-state index contributed by atoms with van der Waals surface area (Å²) >= 11 is 0. The van der Waals surface area contributed by atoms with Crippen LogP contribution in [-0.2, 0) is 0 Å². The topological polar surface area (TPSA) is 46.2 Å². The van der Waals surface area contributed by atoms with Crippen molar-refractivity contribution in [3.8, 4) is 0 Å². The molecule has 0 saturated carbocycles. The summed E-state index contributed by atoms with van der Waals surface area (Å²) in [5.41, 5.74) is 4.03. The summed E-state index contributed by atoms with van der Waals surface area (Å²) in [4.78, 5) is 0. The molecule has 3 N–H and O–H groups in total. The smallest absolute Gasteiger partial charge is 0.167 e. The van der Waals surface area contributed by atoms with E-state index in [2.05, 4.69) is 0 Å². The molecule has 0 saturated heterocycles. The summed E-state index contributed by atoms with van der Waals surface area (Å²) in [5, 5.41) is 9.24. The monoisotopic (exact) mass is 223 g/mol. The third-order valence-electron chi connectivity index (χ3n) is 1.92. The van der Waals surface area contributed by atoms with Gasteiger partial charge in [0.2, 0.25) is 0 Å². The lowest BCUT2D eigenvalue weighted by atomic mass is 10.0. The van der Waals surface area contributed by atoms with Gasteiger partial charge < -0.3 is 10.8 Å². The Hall–Kier alpha value is -1.14. The number of hydrogen-bond acceptors (Lipinski definition) is 2. The second kappa shape index (κ2) is 4.59. The molecule has 0 fully saturated rings. The van der Waals surface area contributed by atoms with Gasteiger partial charge in [-0.1, -0.05) is 0 Å². The molecule has 0 aliphatic heterocycles. The molecule has 84 valence electrons. The van der Waals surface area contributed by atoms with Crippen LogP contribution in [0.25, 0.3) is 0 Å². The first-order valence-corrected chi connectivity index (χ1v) is 4.20. The second-order valence-electron chi connectivity index (χ2n) is 2.98. The predicted molar refractivity (Wildman–Crippen MR) is 44.9 cm³/mol. The number of halogens is 4. The summed E-state index contributed by atoms with van der Waals surface area (Å²) in [6, 6.07) is 0.0866. The Kier molecular flexibility index (Phi) is 3.65. The predicted octanol–water partition coefficient (Wildman–Crippen LogP) is 1.63. The molecule has 0 unspecified atom stereocenters. The van der Waals surface area contributed by atoms with Gasteiger partial charge in [0.15, 0.2) is 23.3 Å². The Morgan fingerprint density at radius 1 is 1.13 bits per heavy atom. The maximum atomic E-state index is 13.0. The lowest BCUT2D eigenvalue weighted by molar-refractivity contribution is 0.157. The Balaban J connectivity index is 3.26. The van der Waals surface area contributed by atoms with Gasteiger partial charge in [0.25, 0.3) is 0 Å². The molecule has 0 amide bonds. The number of benzene rings is 1. The maximum absolute atomic E-state index is 13.0. The minimum absolute atomic E-state index is 0.0574. The highest BCUT2D eigenvalue weighted by molar-refractivity contribution is 5.24. The molecule has 0 bridgehead atoms. The molecule has 1 atom stereocenters. The fraction of sp³-hybridized carbons (Fsp3) is 0.333. The van der Waals surface area contributed by atoms with Crippen molar-refractivity contribution in [1.29, 1.82) is 0 Å². The van der Waals surface area contributed by atoms with Crippen LogP contribution in [0.15, 0.2) is 6.07 Å². The number of nitrogens with two attached hydrogens (primary N) is 1. The van der Waals surface area contributed by atoms with Crippen molar-refractivity contribution < 1.29 is 22.7 Å². The van der Waals surface area contributed by atoms with Gasteiger partial charge >= 0.3 is 0 Å². The number of aliphatic hydroxyl groups is 1. The highest BCUT2D eigenvalue weighted by Gasteiger charge is 2.24. The van der Waals surface area contributed by atoms with Gasteiger partial charge in [0.1, 0.15) is 0 Å². The van der Waals surface area contributed by atoms with E-state index in [1.165, 1.54) is 0 Å². The van der Waals surface area contributed by atoms with Crippen LogP contribution in [0.5, 0.6) is 0 Å². The van der Waals surface area contributed by atoms with Crippen LogP contribution < -0.4 is 5.73 Å².